The molecule has 23 heavy (non-hydrogen) atoms. The van der Waals surface area contributed by atoms with E-state index in [0.29, 0.717) is 17.3 Å². The van der Waals surface area contributed by atoms with E-state index in [0.717, 1.165) is 23.8 Å². The molecule has 4 rings (SSSR count). The molecule has 0 atom stereocenters. The van der Waals surface area contributed by atoms with Crippen LogP contribution in [0, 0.1) is 0 Å². The van der Waals surface area contributed by atoms with E-state index in [1.165, 1.54) is 4.70 Å². The topological polar surface area (TPSA) is 21.3 Å². The Morgan fingerprint density at radius 1 is 1.13 bits per heavy atom. The number of hydrogen-bond donors (Lipinski definition) is 1. The largest absolute Gasteiger partial charge is 0.432 e. The van der Waals surface area contributed by atoms with Gasteiger partial charge in [-0.2, -0.15) is 8.78 Å². The molecule has 0 bridgehead atoms. The smallest absolute Gasteiger partial charge is 0.387 e. The molecule has 2 nitrogen and oxygen atoms in total. The number of ether oxygens (including phenoxy) is 1. The Labute approximate surface area is 136 Å². The van der Waals surface area contributed by atoms with Gasteiger partial charge in [-0.25, -0.2) is 0 Å². The van der Waals surface area contributed by atoms with Gasteiger partial charge in [0.2, 0.25) is 0 Å². The van der Waals surface area contributed by atoms with E-state index in [-0.39, 0.29) is 5.75 Å². The summed E-state index contributed by atoms with van der Waals surface area (Å²) < 4.78 is 31.8. The lowest BCUT2D eigenvalue weighted by molar-refractivity contribution is -0.0489. The Morgan fingerprint density at radius 3 is 2.78 bits per heavy atom. The van der Waals surface area contributed by atoms with Gasteiger partial charge in [0.1, 0.15) is 0 Å². The first kappa shape index (κ1) is 14.5. The minimum atomic E-state index is -2.85. The van der Waals surface area contributed by atoms with E-state index in [4.69, 9.17) is 4.74 Å². The molecule has 1 aromatic heterocycles. The third kappa shape index (κ3) is 3.01. The van der Waals surface area contributed by atoms with E-state index in [9.17, 15) is 8.78 Å². The molecule has 0 saturated heterocycles. The summed E-state index contributed by atoms with van der Waals surface area (Å²) in [6.45, 7) is -2.85. The summed E-state index contributed by atoms with van der Waals surface area (Å²) in [7, 11) is 0. The van der Waals surface area contributed by atoms with Crippen LogP contribution in [0.2, 0.25) is 0 Å². The first-order chi connectivity index (χ1) is 11.2. The van der Waals surface area contributed by atoms with Crippen molar-refractivity contribution in [1.29, 1.82) is 0 Å². The maximum atomic E-state index is 12.9. The molecule has 3 aromatic rings. The van der Waals surface area contributed by atoms with E-state index in [1.54, 1.807) is 17.4 Å². The van der Waals surface area contributed by atoms with Gasteiger partial charge in [0.05, 0.1) is 5.69 Å². The second kappa shape index (κ2) is 5.81. The Hall–Kier alpha value is -2.14. The lowest BCUT2D eigenvalue weighted by Gasteiger charge is -2.16. The normalized spacial score (nSPS) is 14.4. The number of fused-ring (bicyclic) bond motifs is 1. The molecule has 5 heteroatoms. The molecule has 1 N–H and O–H groups in total. The quantitative estimate of drug-likeness (QED) is 0.643. The minimum absolute atomic E-state index is 0.226. The van der Waals surface area contributed by atoms with Crippen molar-refractivity contribution in [2.24, 2.45) is 0 Å². The number of nitrogens with one attached hydrogen (secondary N) is 1. The Bertz CT molecular complexity index is 842. The zero-order valence-electron chi connectivity index (χ0n) is 12.3. The molecular formula is C18H15F2NOS. The number of halogens is 2. The van der Waals surface area contributed by atoms with E-state index < -0.39 is 6.61 Å². The molecule has 1 heterocycles. The summed E-state index contributed by atoms with van der Waals surface area (Å²) in [6, 6.07) is 13.9. The first-order valence-electron chi connectivity index (χ1n) is 7.53. The van der Waals surface area contributed by atoms with Crippen molar-refractivity contribution < 1.29 is 13.5 Å². The highest BCUT2D eigenvalue weighted by Gasteiger charge is 2.24. The average molecular weight is 331 g/mol. The molecule has 1 fully saturated rings. The highest BCUT2D eigenvalue weighted by molar-refractivity contribution is 7.17. The fourth-order valence-electron chi connectivity index (χ4n) is 2.68. The van der Waals surface area contributed by atoms with Gasteiger partial charge in [-0.3, -0.25) is 0 Å². The van der Waals surface area contributed by atoms with Gasteiger partial charge in [0.25, 0.3) is 0 Å². The van der Waals surface area contributed by atoms with E-state index in [2.05, 4.69) is 5.32 Å². The zero-order valence-corrected chi connectivity index (χ0v) is 13.1. The van der Waals surface area contributed by atoms with Crippen molar-refractivity contribution >= 4 is 27.1 Å². The lowest BCUT2D eigenvalue weighted by Crippen LogP contribution is -2.08. The number of anilines is 1. The standard InChI is InChI=1S/C18H15F2NOS/c19-18(20)22-17-14(2-1-3-15(17)21-13-5-6-13)11-4-7-16-12(10-11)8-9-23-16/h1-4,7-10,13,18,21H,5-6H2. The zero-order chi connectivity index (χ0) is 15.8. The first-order valence-corrected chi connectivity index (χ1v) is 8.40. The highest BCUT2D eigenvalue weighted by Crippen LogP contribution is 2.40. The average Bonchev–Trinajstić information content (AvgIpc) is 3.22. The number of alkyl halides is 2. The van der Waals surface area contributed by atoms with E-state index in [1.807, 2.05) is 41.8 Å². The summed E-state index contributed by atoms with van der Waals surface area (Å²) in [5.41, 5.74) is 2.20. The fourth-order valence-corrected chi connectivity index (χ4v) is 3.45. The van der Waals surface area contributed by atoms with Crippen molar-refractivity contribution in [3.05, 3.63) is 47.8 Å². The molecule has 0 aliphatic heterocycles. The second-order valence-electron chi connectivity index (χ2n) is 5.65. The van der Waals surface area contributed by atoms with Crippen LogP contribution in [0.3, 0.4) is 0 Å². The number of benzene rings is 2. The van der Waals surface area contributed by atoms with Crippen LogP contribution >= 0.6 is 11.3 Å². The van der Waals surface area contributed by atoms with Gasteiger partial charge in [0.15, 0.2) is 5.75 Å². The number of hydrogen-bond acceptors (Lipinski definition) is 3. The highest BCUT2D eigenvalue weighted by atomic mass is 32.1. The molecule has 0 amide bonds. The van der Waals surface area contributed by atoms with Gasteiger partial charge in [-0.15, -0.1) is 11.3 Å². The number of thiophene rings is 1. The molecule has 0 spiro atoms. The third-order valence-corrected chi connectivity index (χ3v) is 4.82. The van der Waals surface area contributed by atoms with Gasteiger partial charge in [-0.1, -0.05) is 18.2 Å². The van der Waals surface area contributed by atoms with Gasteiger partial charge in [0, 0.05) is 16.3 Å². The van der Waals surface area contributed by atoms with Crippen molar-refractivity contribution in [3.63, 3.8) is 0 Å². The lowest BCUT2D eigenvalue weighted by atomic mass is 10.0. The van der Waals surface area contributed by atoms with Crippen LogP contribution in [-0.4, -0.2) is 12.7 Å². The van der Waals surface area contributed by atoms with Gasteiger partial charge >= 0.3 is 6.61 Å². The van der Waals surface area contributed by atoms with Gasteiger partial charge < -0.3 is 10.1 Å². The maximum absolute atomic E-state index is 12.9. The summed E-state index contributed by atoms with van der Waals surface area (Å²) in [5.74, 6) is 0.226. The summed E-state index contributed by atoms with van der Waals surface area (Å²) in [6.07, 6.45) is 2.14. The van der Waals surface area contributed by atoms with Crippen molar-refractivity contribution in [2.75, 3.05) is 5.32 Å². The Kier molecular flexibility index (Phi) is 3.65. The molecule has 2 aromatic carbocycles. The van der Waals surface area contributed by atoms with Crippen LogP contribution in [0.1, 0.15) is 12.8 Å². The molecule has 1 aliphatic rings. The number of rotatable bonds is 5. The van der Waals surface area contributed by atoms with E-state index >= 15 is 0 Å². The molecule has 0 radical (unpaired) electrons. The van der Waals surface area contributed by atoms with Crippen molar-refractivity contribution in [2.45, 2.75) is 25.5 Å². The molecule has 1 saturated carbocycles. The Balaban J connectivity index is 1.81. The fraction of sp³-hybridized carbons (Fsp3) is 0.222. The molecule has 118 valence electrons. The van der Waals surface area contributed by atoms with Crippen LogP contribution in [0.15, 0.2) is 47.8 Å². The summed E-state index contributed by atoms with van der Waals surface area (Å²) >= 11 is 1.66. The minimum Gasteiger partial charge on any atom is -0.432 e. The van der Waals surface area contributed by atoms with Crippen LogP contribution in [0.5, 0.6) is 5.75 Å². The molecule has 1 aliphatic carbocycles. The summed E-state index contributed by atoms with van der Waals surface area (Å²) in [5, 5.41) is 6.41. The monoisotopic (exact) mass is 331 g/mol. The molecule has 0 unspecified atom stereocenters. The van der Waals surface area contributed by atoms with Crippen LogP contribution in [0.25, 0.3) is 21.2 Å². The molecular weight excluding hydrogens is 316 g/mol. The van der Waals surface area contributed by atoms with Crippen LogP contribution in [-0.2, 0) is 0 Å². The van der Waals surface area contributed by atoms with Gasteiger partial charge in [-0.05, 0) is 53.4 Å². The van der Waals surface area contributed by atoms with Crippen LogP contribution < -0.4 is 10.1 Å². The van der Waals surface area contributed by atoms with Crippen molar-refractivity contribution in [1.82, 2.24) is 0 Å². The SMILES string of the molecule is FC(F)Oc1c(NC2CC2)cccc1-c1ccc2sccc2c1. The van der Waals surface area contributed by atoms with Crippen LogP contribution in [0.4, 0.5) is 14.5 Å². The second-order valence-corrected chi connectivity index (χ2v) is 6.60. The summed E-state index contributed by atoms with van der Waals surface area (Å²) in [4.78, 5) is 0. The third-order valence-electron chi connectivity index (χ3n) is 3.92. The van der Waals surface area contributed by atoms with Crippen molar-refractivity contribution in [3.8, 4) is 16.9 Å². The number of para-hydroxylation sites is 1. The predicted octanol–water partition coefficient (Wildman–Crippen LogP) is 5.74. The Morgan fingerprint density at radius 2 is 2.00 bits per heavy atom. The predicted molar refractivity (Wildman–Crippen MR) is 90.5 cm³/mol. The maximum Gasteiger partial charge on any atom is 0.387 e.